The maximum Gasteiger partial charge on any atom is 0.422 e. The van der Waals surface area contributed by atoms with Crippen LogP contribution in [0.2, 0.25) is 0 Å². The smallest absolute Gasteiger partial charge is 0.422 e. The Kier molecular flexibility index (Phi) is 3.68. The number of carbonyl (C=O) groups is 2. The molecule has 1 fully saturated rings. The lowest BCUT2D eigenvalue weighted by Gasteiger charge is -2.36. The number of hydrogen-bond donors (Lipinski definition) is 1. The standard InChI is InChI=1S/C10H14F3NO3/c1-2-4-7(15)14-6-3-5-9(14,8(16)17)10(11,12)13/h2-6H2,1H3,(H,16,17). The predicted molar refractivity (Wildman–Crippen MR) is 52.3 cm³/mol. The second-order valence-electron chi connectivity index (χ2n) is 4.06. The summed E-state index contributed by atoms with van der Waals surface area (Å²) >= 11 is 0. The van der Waals surface area contributed by atoms with Gasteiger partial charge >= 0.3 is 12.1 Å². The number of halogens is 3. The maximum absolute atomic E-state index is 12.9. The summed E-state index contributed by atoms with van der Waals surface area (Å²) in [7, 11) is 0. The summed E-state index contributed by atoms with van der Waals surface area (Å²) in [6.45, 7) is 1.51. The quantitative estimate of drug-likeness (QED) is 0.834. The molecule has 1 amide bonds. The highest BCUT2D eigenvalue weighted by Crippen LogP contribution is 2.43. The van der Waals surface area contributed by atoms with Crippen LogP contribution >= 0.6 is 0 Å². The number of alkyl halides is 3. The molecule has 1 N–H and O–H groups in total. The molecule has 0 aliphatic carbocycles. The lowest BCUT2D eigenvalue weighted by atomic mass is 9.95. The number of aliphatic carboxylic acids is 1. The Hall–Kier alpha value is -1.27. The number of likely N-dealkylation sites (tertiary alicyclic amines) is 1. The molecule has 1 atom stereocenters. The lowest BCUT2D eigenvalue weighted by Crippen LogP contribution is -2.62. The van der Waals surface area contributed by atoms with E-state index in [4.69, 9.17) is 5.11 Å². The van der Waals surface area contributed by atoms with Crippen molar-refractivity contribution in [2.24, 2.45) is 0 Å². The van der Waals surface area contributed by atoms with Crippen LogP contribution in [0.3, 0.4) is 0 Å². The van der Waals surface area contributed by atoms with Gasteiger partial charge < -0.3 is 10.0 Å². The predicted octanol–water partition coefficient (Wildman–Crippen LogP) is 1.79. The molecule has 1 unspecified atom stereocenters. The van der Waals surface area contributed by atoms with Crippen LogP contribution in [0.15, 0.2) is 0 Å². The number of carboxylic acid groups (broad SMARTS) is 1. The molecule has 0 aromatic rings. The molecule has 17 heavy (non-hydrogen) atoms. The molecular weight excluding hydrogens is 239 g/mol. The van der Waals surface area contributed by atoms with Crippen LogP contribution in [-0.4, -0.2) is 40.1 Å². The van der Waals surface area contributed by atoms with Crippen molar-refractivity contribution in [3.8, 4) is 0 Å². The summed E-state index contributed by atoms with van der Waals surface area (Å²) in [5.41, 5.74) is -3.03. The molecule has 0 aromatic carbocycles. The van der Waals surface area contributed by atoms with E-state index in [9.17, 15) is 22.8 Å². The molecule has 7 heteroatoms. The molecule has 1 aliphatic rings. The van der Waals surface area contributed by atoms with E-state index in [-0.39, 0.29) is 19.4 Å². The van der Waals surface area contributed by atoms with Crippen LogP contribution in [0.25, 0.3) is 0 Å². The van der Waals surface area contributed by atoms with Gasteiger partial charge in [-0.25, -0.2) is 4.79 Å². The Balaban J connectivity index is 3.12. The summed E-state index contributed by atoms with van der Waals surface area (Å²) in [5.74, 6) is -2.74. The summed E-state index contributed by atoms with van der Waals surface area (Å²) in [4.78, 5) is 23.0. The van der Waals surface area contributed by atoms with Crippen LogP contribution < -0.4 is 0 Å². The summed E-state index contributed by atoms with van der Waals surface area (Å²) in [5, 5.41) is 8.87. The second-order valence-corrected chi connectivity index (χ2v) is 4.06. The maximum atomic E-state index is 12.9. The third-order valence-electron chi connectivity index (χ3n) is 2.97. The number of carboxylic acids is 1. The van der Waals surface area contributed by atoms with Crippen molar-refractivity contribution in [1.29, 1.82) is 0 Å². The largest absolute Gasteiger partial charge is 0.479 e. The fourth-order valence-electron chi connectivity index (χ4n) is 2.14. The van der Waals surface area contributed by atoms with Crippen molar-refractivity contribution in [3.63, 3.8) is 0 Å². The Labute approximate surface area is 96.4 Å². The van der Waals surface area contributed by atoms with Gasteiger partial charge in [0.1, 0.15) is 0 Å². The van der Waals surface area contributed by atoms with Crippen molar-refractivity contribution in [2.45, 2.75) is 44.3 Å². The van der Waals surface area contributed by atoms with E-state index in [0.29, 0.717) is 11.3 Å². The van der Waals surface area contributed by atoms with Gasteiger partial charge in [0.15, 0.2) is 0 Å². The van der Waals surface area contributed by atoms with Gasteiger partial charge in [0.25, 0.3) is 0 Å². The van der Waals surface area contributed by atoms with Gasteiger partial charge in [0.2, 0.25) is 11.4 Å². The highest BCUT2D eigenvalue weighted by molar-refractivity contribution is 5.88. The molecule has 0 spiro atoms. The fourth-order valence-corrected chi connectivity index (χ4v) is 2.14. The first-order valence-corrected chi connectivity index (χ1v) is 5.38. The molecule has 0 aromatic heterocycles. The number of amides is 1. The van der Waals surface area contributed by atoms with Crippen LogP contribution in [0.4, 0.5) is 13.2 Å². The summed E-state index contributed by atoms with van der Waals surface area (Å²) in [6.07, 6.45) is -5.13. The molecule has 1 rings (SSSR count). The van der Waals surface area contributed by atoms with Crippen LogP contribution in [0.5, 0.6) is 0 Å². The molecule has 0 saturated carbocycles. The molecule has 1 saturated heterocycles. The van der Waals surface area contributed by atoms with Gasteiger partial charge in [-0.1, -0.05) is 6.92 Å². The minimum Gasteiger partial charge on any atom is -0.479 e. The van der Waals surface area contributed by atoms with E-state index in [1.54, 1.807) is 6.92 Å². The highest BCUT2D eigenvalue weighted by Gasteiger charge is 2.67. The van der Waals surface area contributed by atoms with Gasteiger partial charge in [0, 0.05) is 13.0 Å². The zero-order valence-electron chi connectivity index (χ0n) is 9.38. The Bertz CT molecular complexity index is 329. The van der Waals surface area contributed by atoms with E-state index in [0.717, 1.165) is 0 Å². The summed E-state index contributed by atoms with van der Waals surface area (Å²) in [6, 6.07) is 0. The average molecular weight is 253 g/mol. The number of carbonyl (C=O) groups excluding carboxylic acids is 1. The van der Waals surface area contributed by atoms with Crippen LogP contribution in [0.1, 0.15) is 32.6 Å². The molecule has 0 radical (unpaired) electrons. The molecule has 1 aliphatic heterocycles. The van der Waals surface area contributed by atoms with Gasteiger partial charge in [-0.2, -0.15) is 13.2 Å². The van der Waals surface area contributed by atoms with Gasteiger partial charge in [-0.05, 0) is 19.3 Å². The van der Waals surface area contributed by atoms with E-state index < -0.39 is 30.0 Å². The minimum absolute atomic E-state index is 0.0568. The van der Waals surface area contributed by atoms with E-state index >= 15 is 0 Å². The Morgan fingerprint density at radius 3 is 2.41 bits per heavy atom. The molecule has 98 valence electrons. The Morgan fingerprint density at radius 2 is 2.00 bits per heavy atom. The molecule has 0 bridgehead atoms. The van der Waals surface area contributed by atoms with Crippen LogP contribution in [-0.2, 0) is 9.59 Å². The molecular formula is C10H14F3NO3. The van der Waals surface area contributed by atoms with Crippen molar-refractivity contribution in [1.82, 2.24) is 4.90 Å². The SMILES string of the molecule is CCCC(=O)N1CCCC1(C(=O)O)C(F)(F)F. The van der Waals surface area contributed by atoms with Crippen molar-refractivity contribution in [3.05, 3.63) is 0 Å². The second kappa shape index (κ2) is 4.54. The van der Waals surface area contributed by atoms with Crippen molar-refractivity contribution in [2.75, 3.05) is 6.54 Å². The minimum atomic E-state index is -4.95. The van der Waals surface area contributed by atoms with Gasteiger partial charge in [0.05, 0.1) is 0 Å². The Morgan fingerprint density at radius 1 is 1.41 bits per heavy atom. The summed E-state index contributed by atoms with van der Waals surface area (Å²) < 4.78 is 38.8. The lowest BCUT2D eigenvalue weighted by molar-refractivity contribution is -0.230. The number of hydrogen-bond acceptors (Lipinski definition) is 2. The fraction of sp³-hybridized carbons (Fsp3) is 0.800. The third-order valence-corrected chi connectivity index (χ3v) is 2.97. The molecule has 1 heterocycles. The van der Waals surface area contributed by atoms with E-state index in [2.05, 4.69) is 0 Å². The first kappa shape index (κ1) is 13.8. The zero-order chi connectivity index (χ0) is 13.3. The number of rotatable bonds is 3. The van der Waals surface area contributed by atoms with Crippen LogP contribution in [0, 0.1) is 0 Å². The van der Waals surface area contributed by atoms with E-state index in [1.807, 2.05) is 0 Å². The third kappa shape index (κ3) is 2.10. The monoisotopic (exact) mass is 253 g/mol. The van der Waals surface area contributed by atoms with Gasteiger partial charge in [-0.3, -0.25) is 4.79 Å². The first-order chi connectivity index (χ1) is 7.77. The normalized spacial score (nSPS) is 25.1. The zero-order valence-corrected chi connectivity index (χ0v) is 9.38. The van der Waals surface area contributed by atoms with E-state index in [1.165, 1.54) is 0 Å². The van der Waals surface area contributed by atoms with Crippen molar-refractivity contribution >= 4 is 11.9 Å². The first-order valence-electron chi connectivity index (χ1n) is 5.38. The van der Waals surface area contributed by atoms with Gasteiger partial charge in [-0.15, -0.1) is 0 Å². The van der Waals surface area contributed by atoms with Crippen molar-refractivity contribution < 1.29 is 27.9 Å². The average Bonchev–Trinajstić information content (AvgIpc) is 2.61. The highest BCUT2D eigenvalue weighted by atomic mass is 19.4. The molecule has 4 nitrogen and oxygen atoms in total. The number of nitrogens with zero attached hydrogens (tertiary/aromatic N) is 1. The topological polar surface area (TPSA) is 57.6 Å².